The summed E-state index contributed by atoms with van der Waals surface area (Å²) in [6.45, 7) is 1.73. The Bertz CT molecular complexity index is 856. The molecule has 0 aliphatic carbocycles. The van der Waals surface area contributed by atoms with E-state index in [1.54, 1.807) is 12.1 Å². The molecule has 1 atom stereocenters. The van der Waals surface area contributed by atoms with E-state index in [0.29, 0.717) is 18.5 Å². The summed E-state index contributed by atoms with van der Waals surface area (Å²) in [6, 6.07) is 6.29. The Morgan fingerprint density at radius 2 is 2.00 bits per heavy atom. The second-order valence-corrected chi connectivity index (χ2v) is 7.17. The van der Waals surface area contributed by atoms with Crippen molar-refractivity contribution in [1.82, 2.24) is 4.31 Å². The van der Waals surface area contributed by atoms with Crippen molar-refractivity contribution in [2.24, 2.45) is 0 Å². The zero-order chi connectivity index (χ0) is 16.8. The molecular formula is C15H14FNO5S. The molecule has 1 aromatic carbocycles. The number of furan rings is 1. The van der Waals surface area contributed by atoms with Gasteiger partial charge in [-0.2, -0.15) is 4.31 Å². The summed E-state index contributed by atoms with van der Waals surface area (Å²) in [7, 11) is -3.87. The van der Waals surface area contributed by atoms with Gasteiger partial charge in [-0.25, -0.2) is 17.6 Å². The Morgan fingerprint density at radius 3 is 2.48 bits per heavy atom. The molecule has 3 rings (SSSR count). The van der Waals surface area contributed by atoms with Crippen LogP contribution in [-0.2, 0) is 10.0 Å². The topological polar surface area (TPSA) is 87.8 Å². The number of aryl methyl sites for hydroxylation is 1. The minimum absolute atomic E-state index is 0.0344. The number of hydrogen-bond acceptors (Lipinski definition) is 4. The van der Waals surface area contributed by atoms with Crippen LogP contribution in [0.5, 0.6) is 0 Å². The van der Waals surface area contributed by atoms with Crippen LogP contribution >= 0.6 is 0 Å². The van der Waals surface area contributed by atoms with Gasteiger partial charge >= 0.3 is 5.97 Å². The van der Waals surface area contributed by atoms with Crippen LogP contribution in [-0.4, -0.2) is 30.3 Å². The summed E-state index contributed by atoms with van der Waals surface area (Å²) < 4.78 is 44.7. The average molecular weight is 339 g/mol. The fourth-order valence-electron chi connectivity index (χ4n) is 2.62. The average Bonchev–Trinajstić information content (AvgIpc) is 2.82. The van der Waals surface area contributed by atoms with Gasteiger partial charge in [0.15, 0.2) is 0 Å². The number of nitrogens with zero attached hydrogens (tertiary/aromatic N) is 1. The largest absolute Gasteiger partial charge is 0.475 e. The van der Waals surface area contributed by atoms with E-state index in [2.05, 4.69) is 0 Å². The van der Waals surface area contributed by atoms with Crippen molar-refractivity contribution in [2.45, 2.75) is 24.3 Å². The van der Waals surface area contributed by atoms with Crippen LogP contribution in [0.2, 0.25) is 0 Å². The molecule has 0 saturated carbocycles. The van der Waals surface area contributed by atoms with Gasteiger partial charge in [-0.15, -0.1) is 0 Å². The third-order valence-electron chi connectivity index (χ3n) is 3.89. The smallest absolute Gasteiger partial charge is 0.371 e. The molecule has 0 radical (unpaired) electrons. The van der Waals surface area contributed by atoms with Crippen LogP contribution in [0, 0.1) is 12.7 Å². The normalized spacial score (nSPS) is 18.6. The maximum atomic E-state index is 13.0. The molecule has 6 nitrogen and oxygen atoms in total. The van der Waals surface area contributed by atoms with Crippen molar-refractivity contribution < 1.29 is 27.1 Å². The van der Waals surface area contributed by atoms with E-state index >= 15 is 0 Å². The first kappa shape index (κ1) is 15.7. The number of halogens is 1. The highest BCUT2D eigenvalue weighted by Gasteiger charge is 2.41. The zero-order valence-electron chi connectivity index (χ0n) is 12.2. The van der Waals surface area contributed by atoms with Crippen LogP contribution < -0.4 is 0 Å². The molecule has 23 heavy (non-hydrogen) atoms. The van der Waals surface area contributed by atoms with Gasteiger partial charge in [0.1, 0.15) is 16.5 Å². The van der Waals surface area contributed by atoms with E-state index in [4.69, 9.17) is 9.52 Å². The van der Waals surface area contributed by atoms with Crippen molar-refractivity contribution in [1.29, 1.82) is 0 Å². The highest BCUT2D eigenvalue weighted by molar-refractivity contribution is 7.89. The first-order valence-electron chi connectivity index (χ1n) is 6.92. The number of sulfonamides is 1. The predicted octanol–water partition coefficient (Wildman–Crippen LogP) is 2.56. The van der Waals surface area contributed by atoms with Crippen molar-refractivity contribution in [3.8, 4) is 0 Å². The Morgan fingerprint density at radius 1 is 1.35 bits per heavy atom. The molecule has 1 aromatic heterocycles. The molecule has 1 saturated heterocycles. The monoisotopic (exact) mass is 339 g/mol. The molecule has 122 valence electrons. The maximum absolute atomic E-state index is 13.0. The number of carbonyl (C=O) groups is 1. The highest BCUT2D eigenvalue weighted by Crippen LogP contribution is 2.39. The minimum Gasteiger partial charge on any atom is -0.475 e. The van der Waals surface area contributed by atoms with E-state index in [9.17, 15) is 17.6 Å². The van der Waals surface area contributed by atoms with Gasteiger partial charge in [0, 0.05) is 12.6 Å². The lowest BCUT2D eigenvalue weighted by molar-refractivity contribution is 0.0661. The van der Waals surface area contributed by atoms with Crippen LogP contribution in [0.1, 0.15) is 34.3 Å². The molecule has 1 unspecified atom stereocenters. The highest BCUT2D eigenvalue weighted by atomic mass is 32.2. The summed E-state index contributed by atoms with van der Waals surface area (Å²) in [6.07, 6.45) is 0.619. The van der Waals surface area contributed by atoms with E-state index in [1.165, 1.54) is 23.4 Å². The van der Waals surface area contributed by atoms with Crippen molar-refractivity contribution in [3.05, 3.63) is 53.2 Å². The van der Waals surface area contributed by atoms with Crippen molar-refractivity contribution in [2.75, 3.05) is 6.54 Å². The molecule has 0 amide bonds. The van der Waals surface area contributed by atoms with Crippen LogP contribution in [0.15, 0.2) is 39.6 Å². The Balaban J connectivity index is 1.94. The van der Waals surface area contributed by atoms with Crippen molar-refractivity contribution >= 4 is 16.0 Å². The summed E-state index contributed by atoms with van der Waals surface area (Å²) in [5.41, 5.74) is 0.695. The first-order chi connectivity index (χ1) is 10.8. The van der Waals surface area contributed by atoms with E-state index in [1.807, 2.05) is 0 Å². The fraction of sp³-hybridized carbons (Fsp3) is 0.267. The number of carboxylic acid groups (broad SMARTS) is 1. The lowest BCUT2D eigenvalue weighted by Gasteiger charge is -2.39. The number of benzene rings is 1. The molecule has 1 N–H and O–H groups in total. The van der Waals surface area contributed by atoms with Gasteiger partial charge in [0.05, 0.1) is 6.04 Å². The third-order valence-corrected chi connectivity index (χ3v) is 5.91. The quantitative estimate of drug-likeness (QED) is 0.925. The summed E-state index contributed by atoms with van der Waals surface area (Å²) >= 11 is 0. The Labute approximate surface area is 132 Å². The molecule has 1 aliphatic heterocycles. The van der Waals surface area contributed by atoms with Crippen LogP contribution in [0.4, 0.5) is 4.39 Å². The predicted molar refractivity (Wildman–Crippen MR) is 78.1 cm³/mol. The Hall–Kier alpha value is -2.19. The molecule has 0 bridgehead atoms. The lowest BCUT2D eigenvalue weighted by Crippen LogP contribution is -2.45. The minimum atomic E-state index is -3.87. The van der Waals surface area contributed by atoms with Gasteiger partial charge < -0.3 is 9.52 Å². The van der Waals surface area contributed by atoms with Crippen LogP contribution in [0.25, 0.3) is 0 Å². The van der Waals surface area contributed by atoms with E-state index in [-0.39, 0.29) is 22.5 Å². The van der Waals surface area contributed by atoms with Gasteiger partial charge in [-0.3, -0.25) is 0 Å². The first-order valence-corrected chi connectivity index (χ1v) is 8.36. The third kappa shape index (κ3) is 2.64. The molecule has 1 aliphatic rings. The van der Waals surface area contributed by atoms with E-state index in [0.717, 1.165) is 6.07 Å². The number of carboxylic acids is 1. The molecule has 2 heterocycles. The van der Waals surface area contributed by atoms with Crippen LogP contribution in [0.3, 0.4) is 0 Å². The number of hydrogen-bond donors (Lipinski definition) is 1. The number of aromatic carboxylic acids is 1. The maximum Gasteiger partial charge on any atom is 0.371 e. The SMILES string of the molecule is Cc1oc(C(=O)O)cc1S(=O)(=O)N1CCC1c1ccc(F)cc1. The van der Waals surface area contributed by atoms with Gasteiger partial charge in [0.2, 0.25) is 15.8 Å². The second kappa shape index (κ2) is 5.47. The molecule has 8 heteroatoms. The summed E-state index contributed by atoms with van der Waals surface area (Å²) in [5.74, 6) is -2.10. The Kier molecular flexibility index (Phi) is 3.73. The van der Waals surface area contributed by atoms with Gasteiger partial charge in [0.25, 0.3) is 0 Å². The summed E-state index contributed by atoms with van der Waals surface area (Å²) in [4.78, 5) is 10.8. The summed E-state index contributed by atoms with van der Waals surface area (Å²) in [5, 5.41) is 8.92. The second-order valence-electron chi connectivity index (χ2n) is 5.31. The lowest BCUT2D eigenvalue weighted by atomic mass is 9.98. The molecule has 1 fully saturated rings. The molecular weight excluding hydrogens is 325 g/mol. The number of rotatable bonds is 4. The van der Waals surface area contributed by atoms with Crippen molar-refractivity contribution in [3.63, 3.8) is 0 Å². The standard InChI is InChI=1S/C15H14FNO5S/c1-9-14(8-13(22-9)15(18)19)23(20,21)17-7-6-12(17)10-2-4-11(16)5-3-10/h2-5,8,12H,6-7H2,1H3,(H,18,19). The fourth-order valence-corrected chi connectivity index (χ4v) is 4.44. The molecule has 0 spiro atoms. The zero-order valence-corrected chi connectivity index (χ0v) is 13.0. The van der Waals surface area contributed by atoms with Gasteiger partial charge in [-0.05, 0) is 31.0 Å². The van der Waals surface area contributed by atoms with Gasteiger partial charge in [-0.1, -0.05) is 12.1 Å². The van der Waals surface area contributed by atoms with E-state index < -0.39 is 21.8 Å². The molecule has 2 aromatic rings.